The Morgan fingerprint density at radius 1 is 1.03 bits per heavy atom. The van der Waals surface area contributed by atoms with E-state index < -0.39 is 22.9 Å². The fraction of sp³-hybridized carbons (Fsp3) is 0.375. The van der Waals surface area contributed by atoms with Crippen LogP contribution in [-0.4, -0.2) is 39.3 Å². The number of rotatable bonds is 2. The summed E-state index contributed by atoms with van der Waals surface area (Å²) in [5.41, 5.74) is 0.575. The number of likely N-dealkylation sites (tertiary alicyclic amines) is 1. The maximum atomic E-state index is 13.7. The van der Waals surface area contributed by atoms with Crippen LogP contribution in [0.3, 0.4) is 0 Å². The highest BCUT2D eigenvalue weighted by molar-refractivity contribution is 6.14. The number of anilines is 1. The van der Waals surface area contributed by atoms with Gasteiger partial charge < -0.3 is 15.7 Å². The molecule has 2 saturated heterocycles. The Kier molecular flexibility index (Phi) is 4.08. The largest absolute Gasteiger partial charge is 0.508 e. The molecule has 4 atom stereocenters. The zero-order chi connectivity index (χ0) is 22.1. The van der Waals surface area contributed by atoms with E-state index in [9.17, 15) is 19.5 Å². The van der Waals surface area contributed by atoms with Crippen molar-refractivity contribution >= 4 is 23.4 Å². The highest BCUT2D eigenvalue weighted by Crippen LogP contribution is 2.50. The summed E-state index contributed by atoms with van der Waals surface area (Å²) in [6.45, 7) is 5.54. The molecule has 2 aromatic carbocycles. The van der Waals surface area contributed by atoms with Gasteiger partial charge in [0.2, 0.25) is 17.4 Å². The van der Waals surface area contributed by atoms with Crippen LogP contribution >= 0.6 is 0 Å². The number of imide groups is 1. The van der Waals surface area contributed by atoms with E-state index in [0.717, 1.165) is 11.1 Å². The number of quaternary nitrogens is 1. The van der Waals surface area contributed by atoms with Crippen LogP contribution < -0.4 is 10.6 Å². The number of nitrogens with zero attached hydrogens (tertiary/aromatic N) is 1. The van der Waals surface area contributed by atoms with Crippen LogP contribution in [0, 0.1) is 11.8 Å². The van der Waals surface area contributed by atoms with Gasteiger partial charge in [-0.3, -0.25) is 19.3 Å². The Hall–Kier alpha value is -3.19. The molecule has 0 radical (unpaired) electrons. The third-order valence-electron chi connectivity index (χ3n) is 6.86. The summed E-state index contributed by atoms with van der Waals surface area (Å²) < 4.78 is 0. The molecule has 0 aromatic heterocycles. The number of benzene rings is 2. The maximum Gasteiger partial charge on any atom is 0.291 e. The fourth-order valence-electron chi connectivity index (χ4n) is 5.67. The molecule has 160 valence electrons. The molecular weight excluding hydrogens is 394 g/mol. The lowest BCUT2D eigenvalue weighted by Crippen LogP contribution is -2.99. The first-order valence-electron chi connectivity index (χ1n) is 10.6. The van der Waals surface area contributed by atoms with Crippen LogP contribution in [0.15, 0.2) is 48.5 Å². The molecule has 3 heterocycles. The Labute approximate surface area is 180 Å². The van der Waals surface area contributed by atoms with E-state index in [0.29, 0.717) is 12.1 Å². The van der Waals surface area contributed by atoms with E-state index >= 15 is 0 Å². The van der Waals surface area contributed by atoms with Crippen molar-refractivity contribution in [2.45, 2.75) is 44.3 Å². The summed E-state index contributed by atoms with van der Waals surface area (Å²) in [5.74, 6) is -1.92. The van der Waals surface area contributed by atoms with Gasteiger partial charge in [0.25, 0.3) is 5.91 Å². The summed E-state index contributed by atoms with van der Waals surface area (Å²) in [6.07, 6.45) is 0.510. The van der Waals surface area contributed by atoms with Crippen LogP contribution in [0.4, 0.5) is 5.69 Å². The lowest BCUT2D eigenvalue weighted by Gasteiger charge is -2.33. The highest BCUT2D eigenvalue weighted by atomic mass is 16.3. The molecule has 3 amide bonds. The average molecular weight is 420 g/mol. The van der Waals surface area contributed by atoms with Gasteiger partial charge in [0, 0.05) is 17.5 Å². The number of carbonyl (C=O) groups excluding carboxylic acids is 3. The fourth-order valence-corrected chi connectivity index (χ4v) is 5.67. The van der Waals surface area contributed by atoms with Gasteiger partial charge in [-0.15, -0.1) is 0 Å². The van der Waals surface area contributed by atoms with Crippen molar-refractivity contribution < 1.29 is 24.8 Å². The second-order valence-electron chi connectivity index (χ2n) is 9.76. The van der Waals surface area contributed by atoms with Gasteiger partial charge in [-0.05, 0) is 44.5 Å². The molecule has 3 aliphatic rings. The van der Waals surface area contributed by atoms with Crippen molar-refractivity contribution in [1.82, 2.24) is 4.90 Å². The lowest BCUT2D eigenvalue weighted by molar-refractivity contribution is -0.733. The third kappa shape index (κ3) is 2.66. The van der Waals surface area contributed by atoms with E-state index in [2.05, 4.69) is 5.32 Å². The Balaban J connectivity index is 1.64. The predicted octanol–water partition coefficient (Wildman–Crippen LogP) is 1.13. The first-order chi connectivity index (χ1) is 14.6. The molecule has 0 unspecified atom stereocenters. The second-order valence-corrected chi connectivity index (χ2v) is 9.76. The number of amides is 3. The summed E-state index contributed by atoms with van der Waals surface area (Å²) in [6, 6.07) is 14.0. The highest BCUT2D eigenvalue weighted by Gasteiger charge is 2.74. The SMILES string of the molecule is CC(C)(C)N1C(=O)[C@H]2[C@@H](C1=O)[C@@]1([NH2+][C@@H]2Cc2ccc(O)cc2)C(=O)Nc2ccccc21. The number of phenolic OH excluding ortho intramolecular Hbond substituents is 1. The quantitative estimate of drug-likeness (QED) is 0.634. The van der Waals surface area contributed by atoms with Crippen molar-refractivity contribution in [3.8, 4) is 5.75 Å². The van der Waals surface area contributed by atoms with Crippen LogP contribution in [-0.2, 0) is 26.3 Å². The van der Waals surface area contributed by atoms with Gasteiger partial charge in [-0.1, -0.05) is 30.3 Å². The lowest BCUT2D eigenvalue weighted by atomic mass is 9.76. The van der Waals surface area contributed by atoms with Crippen LogP contribution in [0.2, 0.25) is 0 Å². The van der Waals surface area contributed by atoms with E-state index in [1.165, 1.54) is 4.90 Å². The molecule has 5 rings (SSSR count). The molecular formula is C24H26N3O4+. The predicted molar refractivity (Wildman–Crippen MR) is 113 cm³/mol. The molecule has 0 saturated carbocycles. The summed E-state index contributed by atoms with van der Waals surface area (Å²) in [7, 11) is 0. The standard InChI is InChI=1S/C24H25N3O4/c1-23(2,3)27-20(29)18-17(12-13-8-10-14(28)11-9-13)26-24(19(18)21(27)30)15-6-4-5-7-16(15)25-22(24)31/h4-11,17-19,26,28H,12H2,1-3H3,(H,25,31)/p+1/t17-,18-,19+,24-/m1/s1. The van der Waals surface area contributed by atoms with Crippen molar-refractivity contribution in [2.24, 2.45) is 11.8 Å². The van der Waals surface area contributed by atoms with Crippen molar-refractivity contribution in [3.05, 3.63) is 59.7 Å². The Bertz CT molecular complexity index is 1100. The van der Waals surface area contributed by atoms with Gasteiger partial charge in [0.15, 0.2) is 0 Å². The molecule has 2 aromatic rings. The summed E-state index contributed by atoms with van der Waals surface area (Å²) in [5, 5.41) is 14.5. The van der Waals surface area contributed by atoms with E-state index in [-0.39, 0.29) is 29.5 Å². The van der Waals surface area contributed by atoms with Crippen LogP contribution in [0.1, 0.15) is 31.9 Å². The number of hydrogen-bond acceptors (Lipinski definition) is 4. The Morgan fingerprint density at radius 2 is 1.71 bits per heavy atom. The first kappa shape index (κ1) is 19.8. The van der Waals surface area contributed by atoms with Crippen molar-refractivity contribution in [2.75, 3.05) is 5.32 Å². The molecule has 0 bridgehead atoms. The molecule has 7 nitrogen and oxygen atoms in total. The van der Waals surface area contributed by atoms with Gasteiger partial charge in [0.05, 0.1) is 5.69 Å². The summed E-state index contributed by atoms with van der Waals surface area (Å²) in [4.78, 5) is 42.0. The third-order valence-corrected chi connectivity index (χ3v) is 6.86. The normalized spacial score (nSPS) is 29.5. The van der Waals surface area contributed by atoms with E-state index in [4.69, 9.17) is 0 Å². The van der Waals surface area contributed by atoms with Crippen molar-refractivity contribution in [3.63, 3.8) is 0 Å². The number of hydrogen-bond donors (Lipinski definition) is 3. The molecule has 31 heavy (non-hydrogen) atoms. The molecule has 0 aliphatic carbocycles. The van der Waals surface area contributed by atoms with Crippen molar-refractivity contribution in [1.29, 1.82) is 0 Å². The number of nitrogens with one attached hydrogen (secondary N) is 1. The number of nitrogens with two attached hydrogens (primary N) is 1. The zero-order valence-electron chi connectivity index (χ0n) is 17.8. The molecule has 4 N–H and O–H groups in total. The van der Waals surface area contributed by atoms with E-state index in [1.807, 2.05) is 62.5 Å². The van der Waals surface area contributed by atoms with Gasteiger partial charge in [-0.2, -0.15) is 0 Å². The van der Waals surface area contributed by atoms with Gasteiger partial charge in [0.1, 0.15) is 23.6 Å². The minimum absolute atomic E-state index is 0.170. The number of aromatic hydroxyl groups is 1. The van der Waals surface area contributed by atoms with Gasteiger partial charge >= 0.3 is 0 Å². The Morgan fingerprint density at radius 3 is 2.39 bits per heavy atom. The number of phenols is 1. The second kappa shape index (κ2) is 6.40. The number of fused-ring (bicyclic) bond motifs is 4. The van der Waals surface area contributed by atoms with Crippen LogP contribution in [0.5, 0.6) is 5.75 Å². The monoisotopic (exact) mass is 420 g/mol. The average Bonchev–Trinajstić information content (AvgIpc) is 3.28. The number of para-hydroxylation sites is 1. The molecule has 3 aliphatic heterocycles. The minimum atomic E-state index is -1.16. The minimum Gasteiger partial charge on any atom is -0.508 e. The molecule has 1 spiro atoms. The van der Waals surface area contributed by atoms with Crippen LogP contribution in [0.25, 0.3) is 0 Å². The maximum absolute atomic E-state index is 13.7. The molecule has 2 fully saturated rings. The molecule has 7 heteroatoms. The first-order valence-corrected chi connectivity index (χ1v) is 10.6. The summed E-state index contributed by atoms with van der Waals surface area (Å²) >= 11 is 0. The number of carbonyl (C=O) groups is 3. The topological polar surface area (TPSA) is 103 Å². The smallest absolute Gasteiger partial charge is 0.291 e. The van der Waals surface area contributed by atoms with Gasteiger partial charge in [-0.25, -0.2) is 0 Å². The zero-order valence-corrected chi connectivity index (χ0v) is 17.8. The van der Waals surface area contributed by atoms with E-state index in [1.54, 1.807) is 12.1 Å².